The molecule has 26 nitrogen and oxygen atoms in total. The number of nitrogens with one attached hydrogen (secondary N) is 3. The van der Waals surface area contributed by atoms with Gasteiger partial charge in [0.05, 0.1) is 24.4 Å². The van der Waals surface area contributed by atoms with Crippen LogP contribution in [0.5, 0.6) is 11.5 Å². The number of carboxylic acids is 2. The van der Waals surface area contributed by atoms with Gasteiger partial charge >= 0.3 is 30.0 Å². The molecule has 10 aliphatic rings. The van der Waals surface area contributed by atoms with E-state index in [1.54, 1.807) is 71.1 Å². The minimum atomic E-state index is -1.11. The number of carbonyl (C=O) groups excluding carboxylic acids is 5. The highest BCUT2D eigenvalue weighted by Gasteiger charge is 2.66. The van der Waals surface area contributed by atoms with E-state index in [9.17, 15) is 38.7 Å². The quantitative estimate of drug-likeness (QED) is 0.0191. The van der Waals surface area contributed by atoms with Crippen LogP contribution in [0.4, 0.5) is 16.4 Å². The smallest absolute Gasteiger partial charge is 0.410 e. The Labute approximate surface area is 688 Å². The van der Waals surface area contributed by atoms with Crippen molar-refractivity contribution in [2.24, 2.45) is 33.5 Å². The zero-order valence-electron chi connectivity index (χ0n) is 71.7. The number of hydrogen-bond acceptors (Lipinski definition) is 19. The Morgan fingerprint density at radius 3 is 1.52 bits per heavy atom. The molecule has 4 atom stereocenters. The van der Waals surface area contributed by atoms with Crippen molar-refractivity contribution >= 4 is 53.4 Å². The molecule has 8 fully saturated rings. The summed E-state index contributed by atoms with van der Waals surface area (Å²) in [5.41, 5.74) is 7.75. The molecule has 6 heterocycles. The van der Waals surface area contributed by atoms with Gasteiger partial charge < -0.3 is 83.2 Å². The van der Waals surface area contributed by atoms with Crippen LogP contribution in [0, 0.1) is 47.3 Å². The van der Waals surface area contributed by atoms with E-state index in [1.807, 2.05) is 83.8 Å². The van der Waals surface area contributed by atoms with Crippen LogP contribution in [0.3, 0.4) is 0 Å². The van der Waals surface area contributed by atoms with Crippen molar-refractivity contribution in [1.82, 2.24) is 40.0 Å². The number of amides is 3. The molecule has 0 saturated heterocycles. The number of aliphatic carboxylic acids is 1. The monoisotopic (exact) mass is 1610 g/mol. The van der Waals surface area contributed by atoms with Gasteiger partial charge in [-0.2, -0.15) is 0 Å². The number of aromatic nitrogens is 4. The summed E-state index contributed by atoms with van der Waals surface area (Å²) in [5, 5.41) is 28.3. The molecule has 5 N–H and O–H groups in total. The lowest BCUT2D eigenvalue weighted by atomic mass is 9.39. The number of benzene rings is 2. The number of nitrogens with zero attached hydrogens (tertiary/aromatic N) is 7. The van der Waals surface area contributed by atoms with E-state index < -0.39 is 47.3 Å². The minimum Gasteiger partial charge on any atom is -0.482 e. The van der Waals surface area contributed by atoms with Crippen molar-refractivity contribution < 1.29 is 76.9 Å². The molecule has 632 valence electrons. The Morgan fingerprint density at radius 1 is 0.538 bits per heavy atom. The number of carbonyl (C=O) groups is 7. The van der Waals surface area contributed by atoms with E-state index in [1.165, 1.54) is 25.7 Å². The van der Waals surface area contributed by atoms with Crippen molar-refractivity contribution in [3.05, 3.63) is 129 Å². The van der Waals surface area contributed by atoms with Crippen molar-refractivity contribution in [3.63, 3.8) is 0 Å². The van der Waals surface area contributed by atoms with Crippen LogP contribution < -0.4 is 35.2 Å². The fraction of sp³-hybridized carbons (Fsp3) is 0.593. The maximum absolute atomic E-state index is 14.1. The third-order valence-corrected chi connectivity index (χ3v) is 25.2. The summed E-state index contributed by atoms with van der Waals surface area (Å²) in [6.07, 6.45) is 18.4. The molecule has 8 bridgehead atoms. The molecule has 2 aromatic carbocycles. The third kappa shape index (κ3) is 18.8. The SMILES string of the molecule is CNC(=O)c1ccc(OCC(=O)OC(C)(C)C)c2c1CN(c1ccc(-c3ccn(CC45CC6CC(C4)CC(OCCN(C)C(=O)OC(C)(C)C)(C6)C5)c3C)c(C(=O)OC(C)(C)C)n1)CC2.CNCCOC12CC3(C)CC(C)(CC(Cn4ccc(-c5ccc(N6CCc7c(OCC(=O)O)ccc(C(=O)NC)c7C6)nc5C(=O)O)c4C)(C3)C1)C2. The summed E-state index contributed by atoms with van der Waals surface area (Å²) in [6.45, 7) is 30.8. The lowest BCUT2D eigenvalue weighted by Crippen LogP contribution is -2.64. The van der Waals surface area contributed by atoms with Crippen molar-refractivity contribution in [2.75, 3.05) is 90.6 Å². The van der Waals surface area contributed by atoms with Gasteiger partial charge in [0.2, 0.25) is 0 Å². The van der Waals surface area contributed by atoms with E-state index in [4.69, 9.17) is 48.2 Å². The van der Waals surface area contributed by atoms with Crippen molar-refractivity contribution in [2.45, 2.75) is 234 Å². The predicted octanol–water partition coefficient (Wildman–Crippen LogP) is 14.0. The Hall–Kier alpha value is -9.53. The number of ether oxygens (including phenoxy) is 7. The summed E-state index contributed by atoms with van der Waals surface area (Å²) >= 11 is 0. The summed E-state index contributed by atoms with van der Waals surface area (Å²) < 4.78 is 46.8. The molecule has 4 unspecified atom stereocenters. The van der Waals surface area contributed by atoms with E-state index in [2.05, 4.69) is 76.1 Å². The number of anilines is 2. The maximum Gasteiger partial charge on any atom is 0.410 e. The molecule has 4 aromatic heterocycles. The molecular weight excluding hydrogens is 1490 g/mol. The second-order valence-corrected chi connectivity index (χ2v) is 38.7. The van der Waals surface area contributed by atoms with Gasteiger partial charge in [0.15, 0.2) is 24.6 Å². The molecule has 6 aromatic rings. The number of carboxylic acid groups (broad SMARTS) is 2. The van der Waals surface area contributed by atoms with Gasteiger partial charge in [0.1, 0.15) is 39.9 Å². The van der Waals surface area contributed by atoms with Crippen LogP contribution in [-0.4, -0.2) is 185 Å². The van der Waals surface area contributed by atoms with Crippen LogP contribution in [-0.2, 0) is 72.3 Å². The molecule has 26 heteroatoms. The van der Waals surface area contributed by atoms with Gasteiger partial charge in [-0.15, -0.1) is 0 Å². The Kier molecular flexibility index (Phi) is 23.8. The topological polar surface area (TPSA) is 306 Å². The number of likely N-dealkylation sites (N-methyl/N-ethyl adjacent to an activating group) is 2. The summed E-state index contributed by atoms with van der Waals surface area (Å²) in [5.74, 6) is -0.473. The van der Waals surface area contributed by atoms with Gasteiger partial charge in [-0.3, -0.25) is 9.59 Å². The average Bonchev–Trinajstić information content (AvgIpc) is 0.903. The lowest BCUT2D eigenvalue weighted by Gasteiger charge is -2.69. The zero-order valence-corrected chi connectivity index (χ0v) is 71.7. The van der Waals surface area contributed by atoms with Gasteiger partial charge in [0, 0.05) is 142 Å². The van der Waals surface area contributed by atoms with Crippen LogP contribution in [0.1, 0.15) is 229 Å². The Balaban J connectivity index is 0.000000208. The Bertz CT molecular complexity index is 4770. The van der Waals surface area contributed by atoms with Crippen LogP contribution in [0.15, 0.2) is 73.1 Å². The van der Waals surface area contributed by atoms with Gasteiger partial charge in [-0.1, -0.05) is 13.8 Å². The van der Waals surface area contributed by atoms with Crippen LogP contribution in [0.2, 0.25) is 0 Å². The van der Waals surface area contributed by atoms with E-state index in [0.717, 1.165) is 110 Å². The number of fused-ring (bicyclic) bond motifs is 2. The predicted molar refractivity (Wildman–Crippen MR) is 444 cm³/mol. The molecule has 16 rings (SSSR count). The largest absolute Gasteiger partial charge is 0.482 e. The Morgan fingerprint density at radius 2 is 1.03 bits per heavy atom. The lowest BCUT2D eigenvalue weighted by molar-refractivity contribution is -0.247. The molecule has 8 saturated carbocycles. The standard InChI is InChI=1S/C51H71N5O9.C40H51N5O7/c1-32-35(17-20-56(32)31-50-24-33-23-34(25-50)27-51(26-33,30-50)62-22-21-54(12)46(60)65-49(8,9)10)37-14-16-41(53-43(37)45(59)64-48(5,6)7)55-19-18-36-39(28-55)38(44(58)52-11)13-15-40(36)61-29-42(57)63-47(2,3)4;1-25-26(10-14-45(25)24-39-19-37(2)18-38(3,20-39)22-40(21-37,23-39)52-15-12-41-4)28-7-9-32(43-34(28)36(49)50)44-13-11-27-30(16-44)29(35(48)42-5)6-8-31(27)51-17-33(46)47/h13-17,20,33-34H,18-19,21-31H2,1-12H3,(H,52,58);6-10,14,41H,11-13,15-24H2,1-5H3,(H,42,48)(H,46,47)(H,49,50). The highest BCUT2D eigenvalue weighted by atomic mass is 16.6. The molecule has 117 heavy (non-hydrogen) atoms. The molecule has 2 aliphatic heterocycles. The number of rotatable bonds is 26. The second kappa shape index (κ2) is 32.6. The molecule has 0 radical (unpaired) electrons. The van der Waals surface area contributed by atoms with Crippen molar-refractivity contribution in [3.8, 4) is 33.8 Å². The second-order valence-electron chi connectivity index (χ2n) is 38.7. The highest BCUT2D eigenvalue weighted by Crippen LogP contribution is 2.72. The van der Waals surface area contributed by atoms with E-state index >= 15 is 0 Å². The van der Waals surface area contributed by atoms with Gasteiger partial charge in [-0.25, -0.2) is 33.9 Å². The molecule has 0 spiro atoms. The summed E-state index contributed by atoms with van der Waals surface area (Å²) in [4.78, 5) is 105. The maximum atomic E-state index is 14.1. The van der Waals surface area contributed by atoms with Gasteiger partial charge in [-0.05, 0) is 278 Å². The fourth-order valence-electron chi connectivity index (χ4n) is 22.4. The summed E-state index contributed by atoms with van der Waals surface area (Å²) in [6, 6.07) is 18.4. The first-order valence-corrected chi connectivity index (χ1v) is 41.6. The van der Waals surface area contributed by atoms with Crippen LogP contribution in [0.25, 0.3) is 22.3 Å². The highest BCUT2D eigenvalue weighted by molar-refractivity contribution is 5.99. The fourth-order valence-corrected chi connectivity index (χ4v) is 22.4. The molecular formula is C91H122N10O16. The molecule has 3 amide bonds. The number of esters is 2. The normalized spacial score (nSPS) is 24.7. The van der Waals surface area contributed by atoms with Crippen LogP contribution >= 0.6 is 0 Å². The number of aromatic carboxylic acids is 1. The van der Waals surface area contributed by atoms with E-state index in [-0.39, 0.29) is 75.3 Å². The summed E-state index contributed by atoms with van der Waals surface area (Å²) in [7, 11) is 6.88. The number of pyridine rings is 2. The van der Waals surface area contributed by atoms with Crippen molar-refractivity contribution in [1.29, 1.82) is 0 Å². The van der Waals surface area contributed by atoms with Gasteiger partial charge in [0.25, 0.3) is 11.8 Å². The minimum absolute atomic E-state index is 0.0269. The zero-order chi connectivity index (χ0) is 84.3. The molecule has 8 aliphatic carbocycles. The van der Waals surface area contributed by atoms with E-state index in [0.29, 0.717) is 115 Å². The number of hydrogen-bond donors (Lipinski definition) is 5. The third-order valence-electron chi connectivity index (χ3n) is 25.2. The average molecular weight is 1610 g/mol. The first kappa shape index (κ1) is 85.4. The first-order valence-electron chi connectivity index (χ1n) is 41.6. The first-order chi connectivity index (χ1) is 55.0.